The monoisotopic (exact) mass is 537 g/mol. The first-order valence-corrected chi connectivity index (χ1v) is 14.7. The molecule has 7 aromatic carbocycles. The summed E-state index contributed by atoms with van der Waals surface area (Å²) in [5.74, 6) is 0. The Morgan fingerprint density at radius 1 is 0.429 bits per heavy atom. The molecule has 1 heteroatoms. The zero-order chi connectivity index (χ0) is 28.3. The topological polar surface area (TPSA) is 3.24 Å². The summed E-state index contributed by atoms with van der Waals surface area (Å²) < 4.78 is 0. The summed E-state index contributed by atoms with van der Waals surface area (Å²) >= 11 is 0. The van der Waals surface area contributed by atoms with E-state index in [1.807, 2.05) is 0 Å². The molecule has 200 valence electrons. The summed E-state index contributed by atoms with van der Waals surface area (Å²) in [6.07, 6.45) is 0. The van der Waals surface area contributed by atoms with E-state index in [-0.39, 0.29) is 5.41 Å². The largest absolute Gasteiger partial charge is 0.310 e. The van der Waals surface area contributed by atoms with Gasteiger partial charge in [-0.25, -0.2) is 0 Å². The maximum atomic E-state index is 2.43. The average Bonchev–Trinajstić information content (AvgIpc) is 3.27. The van der Waals surface area contributed by atoms with E-state index in [1.165, 1.54) is 60.6 Å². The van der Waals surface area contributed by atoms with Crippen LogP contribution in [0, 0.1) is 0 Å². The highest BCUT2D eigenvalue weighted by atomic mass is 15.1. The van der Waals surface area contributed by atoms with E-state index < -0.39 is 0 Å². The van der Waals surface area contributed by atoms with Gasteiger partial charge in [-0.05, 0) is 85.9 Å². The molecule has 0 saturated heterocycles. The number of nitrogens with zero attached hydrogens (tertiary/aromatic N) is 1. The van der Waals surface area contributed by atoms with E-state index in [0.29, 0.717) is 0 Å². The lowest BCUT2D eigenvalue weighted by molar-refractivity contribution is 0.660. The van der Waals surface area contributed by atoms with Crippen molar-refractivity contribution in [3.63, 3.8) is 0 Å². The summed E-state index contributed by atoms with van der Waals surface area (Å²) in [4.78, 5) is 2.43. The molecule has 0 heterocycles. The first-order valence-electron chi connectivity index (χ1n) is 14.7. The van der Waals surface area contributed by atoms with Gasteiger partial charge >= 0.3 is 0 Å². The Labute approximate surface area is 247 Å². The van der Waals surface area contributed by atoms with Gasteiger partial charge in [0.05, 0.1) is 5.69 Å². The molecule has 0 spiro atoms. The highest BCUT2D eigenvalue weighted by Crippen LogP contribution is 2.51. The molecule has 0 unspecified atom stereocenters. The molecule has 1 aliphatic rings. The summed E-state index contributed by atoms with van der Waals surface area (Å²) in [6.45, 7) is 4.68. The number of hydrogen-bond donors (Lipinski definition) is 0. The minimum Gasteiger partial charge on any atom is -0.310 e. The Bertz CT molecular complexity index is 2110. The maximum absolute atomic E-state index is 2.43. The van der Waals surface area contributed by atoms with Crippen molar-refractivity contribution in [1.82, 2.24) is 0 Å². The van der Waals surface area contributed by atoms with Gasteiger partial charge in [-0.1, -0.05) is 129 Å². The second kappa shape index (κ2) is 9.46. The van der Waals surface area contributed by atoms with Crippen LogP contribution in [0.15, 0.2) is 152 Å². The van der Waals surface area contributed by atoms with Crippen LogP contribution < -0.4 is 4.90 Å². The van der Waals surface area contributed by atoms with Crippen molar-refractivity contribution in [2.45, 2.75) is 19.3 Å². The molecule has 1 nitrogen and oxygen atoms in total. The molecule has 42 heavy (non-hydrogen) atoms. The molecular formula is C41H31N. The van der Waals surface area contributed by atoms with Crippen LogP contribution in [0.1, 0.15) is 25.0 Å². The van der Waals surface area contributed by atoms with Crippen LogP contribution in [0.25, 0.3) is 43.8 Å². The molecule has 7 aromatic rings. The molecule has 0 aliphatic heterocycles. The molecule has 0 bridgehead atoms. The molecule has 0 N–H and O–H groups in total. The van der Waals surface area contributed by atoms with Gasteiger partial charge in [0.1, 0.15) is 0 Å². The Hall–Kier alpha value is -5.14. The number of rotatable bonds is 4. The third-order valence-electron chi connectivity index (χ3n) is 9.02. The van der Waals surface area contributed by atoms with Crippen molar-refractivity contribution in [3.05, 3.63) is 163 Å². The molecular weight excluding hydrogens is 506 g/mol. The van der Waals surface area contributed by atoms with Crippen LogP contribution in [-0.4, -0.2) is 0 Å². The Morgan fingerprint density at radius 2 is 1.10 bits per heavy atom. The van der Waals surface area contributed by atoms with Gasteiger partial charge in [-0.15, -0.1) is 0 Å². The third kappa shape index (κ3) is 3.78. The Morgan fingerprint density at radius 3 is 1.95 bits per heavy atom. The van der Waals surface area contributed by atoms with Crippen molar-refractivity contribution in [2.24, 2.45) is 0 Å². The van der Waals surface area contributed by atoms with E-state index in [2.05, 4.69) is 170 Å². The smallest absolute Gasteiger partial charge is 0.0546 e. The van der Waals surface area contributed by atoms with Crippen LogP contribution in [0.4, 0.5) is 17.1 Å². The first-order chi connectivity index (χ1) is 20.6. The predicted octanol–water partition coefficient (Wildman–Crippen LogP) is 11.4. The van der Waals surface area contributed by atoms with Crippen LogP contribution >= 0.6 is 0 Å². The second-order valence-electron chi connectivity index (χ2n) is 11.8. The van der Waals surface area contributed by atoms with Gasteiger partial charge in [-0.3, -0.25) is 0 Å². The number of para-hydroxylation sites is 1. The van der Waals surface area contributed by atoms with Gasteiger partial charge in [0.15, 0.2) is 0 Å². The van der Waals surface area contributed by atoms with Crippen molar-refractivity contribution in [3.8, 4) is 22.3 Å². The summed E-state index contributed by atoms with van der Waals surface area (Å²) in [6, 6.07) is 55.5. The van der Waals surface area contributed by atoms with Crippen LogP contribution in [-0.2, 0) is 5.41 Å². The number of anilines is 3. The van der Waals surface area contributed by atoms with Crippen molar-refractivity contribution < 1.29 is 0 Å². The number of fused-ring (bicyclic) bond motifs is 5. The number of benzene rings is 7. The Kier molecular flexibility index (Phi) is 5.55. The van der Waals surface area contributed by atoms with Crippen molar-refractivity contribution in [2.75, 3.05) is 4.90 Å². The van der Waals surface area contributed by atoms with Crippen LogP contribution in [0.5, 0.6) is 0 Å². The lowest BCUT2D eigenvalue weighted by Gasteiger charge is -2.29. The molecule has 0 atom stereocenters. The predicted molar refractivity (Wildman–Crippen MR) is 179 cm³/mol. The van der Waals surface area contributed by atoms with E-state index >= 15 is 0 Å². The molecule has 0 radical (unpaired) electrons. The lowest BCUT2D eigenvalue weighted by Crippen LogP contribution is -2.15. The molecule has 0 fully saturated rings. The fraction of sp³-hybridized carbons (Fsp3) is 0.0732. The minimum absolute atomic E-state index is 0.0231. The van der Waals surface area contributed by atoms with Gasteiger partial charge in [0, 0.05) is 22.2 Å². The van der Waals surface area contributed by atoms with Gasteiger partial charge in [0.2, 0.25) is 0 Å². The molecule has 8 rings (SSSR count). The fourth-order valence-electron chi connectivity index (χ4n) is 6.96. The third-order valence-corrected chi connectivity index (χ3v) is 9.02. The number of hydrogen-bond acceptors (Lipinski definition) is 1. The van der Waals surface area contributed by atoms with Gasteiger partial charge < -0.3 is 4.90 Å². The molecule has 0 aromatic heterocycles. The summed E-state index contributed by atoms with van der Waals surface area (Å²) in [5.41, 5.74) is 11.4. The zero-order valence-corrected chi connectivity index (χ0v) is 23.9. The lowest BCUT2D eigenvalue weighted by atomic mass is 9.82. The SMILES string of the molecule is CC1(C)c2ccccc2-c2cc(N(c3ccccc3)c3cccc4cccc(-c5ccc6ccccc6c5)c34)ccc21. The second-order valence-corrected chi connectivity index (χ2v) is 11.8. The summed E-state index contributed by atoms with van der Waals surface area (Å²) in [5, 5.41) is 4.99. The quantitative estimate of drug-likeness (QED) is 0.216. The standard InChI is InChI=1S/C41H31N/c1-41(2)37-20-9-8-18-35(37)36-27-33(24-25-38(36)41)42(32-16-4-3-5-17-32)39-21-11-15-29-14-10-19-34(40(29)39)31-23-22-28-12-6-7-13-30(28)26-31/h3-27H,1-2H3. The first kappa shape index (κ1) is 24.6. The normalized spacial score (nSPS) is 13.2. The molecule has 1 aliphatic carbocycles. The average molecular weight is 538 g/mol. The fourth-order valence-corrected chi connectivity index (χ4v) is 6.96. The van der Waals surface area contributed by atoms with E-state index in [9.17, 15) is 0 Å². The summed E-state index contributed by atoms with van der Waals surface area (Å²) in [7, 11) is 0. The van der Waals surface area contributed by atoms with Crippen molar-refractivity contribution >= 4 is 38.6 Å². The van der Waals surface area contributed by atoms with Gasteiger partial charge in [-0.2, -0.15) is 0 Å². The maximum Gasteiger partial charge on any atom is 0.0546 e. The molecule has 0 saturated carbocycles. The van der Waals surface area contributed by atoms with Gasteiger partial charge in [0.25, 0.3) is 0 Å². The zero-order valence-electron chi connectivity index (χ0n) is 23.9. The van der Waals surface area contributed by atoms with Crippen LogP contribution in [0.2, 0.25) is 0 Å². The van der Waals surface area contributed by atoms with Crippen LogP contribution in [0.3, 0.4) is 0 Å². The van der Waals surface area contributed by atoms with E-state index in [1.54, 1.807) is 0 Å². The molecule has 0 amide bonds. The van der Waals surface area contributed by atoms with Crippen molar-refractivity contribution in [1.29, 1.82) is 0 Å². The minimum atomic E-state index is -0.0231. The highest BCUT2D eigenvalue weighted by Gasteiger charge is 2.35. The van der Waals surface area contributed by atoms with E-state index in [4.69, 9.17) is 0 Å². The Balaban J connectivity index is 1.39. The highest BCUT2D eigenvalue weighted by molar-refractivity contribution is 6.08. The van der Waals surface area contributed by atoms with E-state index in [0.717, 1.165) is 11.4 Å².